The summed E-state index contributed by atoms with van der Waals surface area (Å²) in [6.45, 7) is -0.465. The number of aromatic carboxylic acids is 1. The molecule has 0 bridgehead atoms. The van der Waals surface area contributed by atoms with Gasteiger partial charge in [-0.2, -0.15) is 0 Å². The van der Waals surface area contributed by atoms with E-state index in [9.17, 15) is 19.2 Å². The number of carbonyl (C=O) groups excluding carboxylic acids is 3. The van der Waals surface area contributed by atoms with Gasteiger partial charge in [0.1, 0.15) is 18.1 Å². The summed E-state index contributed by atoms with van der Waals surface area (Å²) in [4.78, 5) is 49.5. The highest BCUT2D eigenvalue weighted by Crippen LogP contribution is 2.34. The zero-order valence-electron chi connectivity index (χ0n) is 17.4. The number of hydrogen-bond donors (Lipinski definition) is 2. The Hall–Kier alpha value is -3.05. The molecular formula is C23H13BrCl2N2O6S. The second kappa shape index (κ2) is 10.3. The van der Waals surface area contributed by atoms with Gasteiger partial charge in [0, 0.05) is 21.8 Å². The van der Waals surface area contributed by atoms with E-state index in [0.29, 0.717) is 38.3 Å². The predicted molar refractivity (Wildman–Crippen MR) is 137 cm³/mol. The molecule has 4 rings (SSSR count). The van der Waals surface area contributed by atoms with E-state index in [4.69, 9.17) is 32.7 Å². The Morgan fingerprint density at radius 2 is 1.86 bits per heavy atom. The first-order valence-electron chi connectivity index (χ1n) is 9.75. The lowest BCUT2D eigenvalue weighted by atomic mass is 10.1. The van der Waals surface area contributed by atoms with Crippen LogP contribution in [-0.2, 0) is 9.59 Å². The van der Waals surface area contributed by atoms with Crippen LogP contribution in [0, 0.1) is 0 Å². The lowest BCUT2D eigenvalue weighted by Crippen LogP contribution is -2.36. The number of carboxylic acid groups (broad SMARTS) is 1. The van der Waals surface area contributed by atoms with Crippen molar-refractivity contribution in [3.63, 3.8) is 0 Å². The second-order valence-electron chi connectivity index (χ2n) is 7.15. The van der Waals surface area contributed by atoms with Gasteiger partial charge in [0.15, 0.2) is 0 Å². The van der Waals surface area contributed by atoms with Gasteiger partial charge in [0.05, 0.1) is 20.5 Å². The number of carboxylic acids is 1. The van der Waals surface area contributed by atoms with Crippen molar-refractivity contribution in [2.24, 2.45) is 0 Å². The molecule has 2 aromatic carbocycles. The van der Waals surface area contributed by atoms with E-state index >= 15 is 0 Å². The number of nitrogens with zero attached hydrogens (tertiary/aromatic N) is 1. The van der Waals surface area contributed by atoms with Gasteiger partial charge in [-0.05, 0) is 70.2 Å². The molecule has 12 heteroatoms. The molecule has 0 unspecified atom stereocenters. The minimum atomic E-state index is -1.15. The van der Waals surface area contributed by atoms with Gasteiger partial charge in [-0.25, -0.2) is 4.79 Å². The number of furan rings is 1. The fourth-order valence-electron chi connectivity index (χ4n) is 3.11. The highest BCUT2D eigenvalue weighted by Gasteiger charge is 2.36. The minimum Gasteiger partial charge on any atom is -0.478 e. The molecule has 3 aromatic rings. The summed E-state index contributed by atoms with van der Waals surface area (Å²) in [6, 6.07) is 12.4. The number of anilines is 1. The van der Waals surface area contributed by atoms with Gasteiger partial charge >= 0.3 is 5.97 Å². The first-order chi connectivity index (χ1) is 16.6. The Morgan fingerprint density at radius 1 is 1.09 bits per heavy atom. The summed E-state index contributed by atoms with van der Waals surface area (Å²) < 4.78 is 6.38. The van der Waals surface area contributed by atoms with Crippen molar-refractivity contribution in [3.05, 3.63) is 79.3 Å². The van der Waals surface area contributed by atoms with Crippen LogP contribution in [0.3, 0.4) is 0 Å². The van der Waals surface area contributed by atoms with Crippen molar-refractivity contribution >= 4 is 85.7 Å². The largest absolute Gasteiger partial charge is 0.478 e. The Kier molecular flexibility index (Phi) is 7.36. The van der Waals surface area contributed by atoms with Crippen LogP contribution in [0.2, 0.25) is 10.0 Å². The fourth-order valence-corrected chi connectivity index (χ4v) is 4.62. The molecule has 8 nitrogen and oxygen atoms in total. The number of thioether (sulfide) groups is 1. The molecule has 1 aromatic heterocycles. The summed E-state index contributed by atoms with van der Waals surface area (Å²) in [5.74, 6) is -1.66. The summed E-state index contributed by atoms with van der Waals surface area (Å²) >= 11 is 16.0. The molecule has 0 atom stereocenters. The van der Waals surface area contributed by atoms with Crippen LogP contribution in [0.25, 0.3) is 17.4 Å². The van der Waals surface area contributed by atoms with Gasteiger partial charge < -0.3 is 14.8 Å². The van der Waals surface area contributed by atoms with Crippen LogP contribution in [0.5, 0.6) is 0 Å². The van der Waals surface area contributed by atoms with Gasteiger partial charge in [0.2, 0.25) is 5.91 Å². The number of carbonyl (C=O) groups is 4. The molecule has 1 aliphatic heterocycles. The lowest BCUT2D eigenvalue weighted by molar-refractivity contribution is -0.127. The number of rotatable bonds is 6. The van der Waals surface area contributed by atoms with Crippen LogP contribution in [-0.4, -0.2) is 39.6 Å². The summed E-state index contributed by atoms with van der Waals surface area (Å²) in [6.07, 6.45) is 1.40. The zero-order chi connectivity index (χ0) is 25.3. The molecule has 0 saturated carbocycles. The molecule has 178 valence electrons. The van der Waals surface area contributed by atoms with Crippen molar-refractivity contribution in [1.82, 2.24) is 4.90 Å². The highest BCUT2D eigenvalue weighted by molar-refractivity contribution is 9.10. The molecule has 2 N–H and O–H groups in total. The Morgan fingerprint density at radius 3 is 2.54 bits per heavy atom. The summed E-state index contributed by atoms with van der Waals surface area (Å²) in [5.41, 5.74) is 0.922. The molecule has 1 aliphatic rings. The maximum Gasteiger partial charge on any atom is 0.337 e. The van der Waals surface area contributed by atoms with E-state index in [1.165, 1.54) is 24.3 Å². The van der Waals surface area contributed by atoms with Gasteiger partial charge in [-0.3, -0.25) is 19.3 Å². The van der Waals surface area contributed by atoms with Crippen LogP contribution in [0.15, 0.2) is 62.3 Å². The van der Waals surface area contributed by atoms with E-state index in [2.05, 4.69) is 21.2 Å². The molecule has 0 aliphatic carbocycles. The number of imide groups is 1. The van der Waals surface area contributed by atoms with Crippen LogP contribution >= 0.6 is 50.9 Å². The van der Waals surface area contributed by atoms with Crippen molar-refractivity contribution in [3.8, 4) is 11.3 Å². The molecule has 1 fully saturated rings. The lowest BCUT2D eigenvalue weighted by Gasteiger charge is -2.12. The summed E-state index contributed by atoms with van der Waals surface area (Å²) in [5, 5.41) is 11.6. The van der Waals surface area contributed by atoms with Crippen molar-refractivity contribution < 1.29 is 28.7 Å². The first kappa shape index (κ1) is 25.1. The molecule has 35 heavy (non-hydrogen) atoms. The number of nitrogens with one attached hydrogen (secondary N) is 1. The summed E-state index contributed by atoms with van der Waals surface area (Å²) in [7, 11) is 0. The monoisotopic (exact) mass is 594 g/mol. The molecule has 0 radical (unpaired) electrons. The molecule has 1 saturated heterocycles. The van der Waals surface area contributed by atoms with Crippen molar-refractivity contribution in [2.45, 2.75) is 0 Å². The Bertz CT molecular complexity index is 1420. The maximum absolute atomic E-state index is 12.7. The smallest absolute Gasteiger partial charge is 0.337 e. The number of hydrogen-bond acceptors (Lipinski definition) is 6. The van der Waals surface area contributed by atoms with E-state index in [0.717, 1.165) is 4.90 Å². The van der Waals surface area contributed by atoms with Gasteiger partial charge in [-0.1, -0.05) is 29.3 Å². The third kappa shape index (κ3) is 5.62. The Balaban J connectivity index is 1.45. The van der Waals surface area contributed by atoms with Crippen molar-refractivity contribution in [2.75, 3.05) is 11.9 Å². The number of halogens is 3. The third-order valence-corrected chi connectivity index (χ3v) is 7.22. The highest BCUT2D eigenvalue weighted by atomic mass is 79.9. The predicted octanol–water partition coefficient (Wildman–Crippen LogP) is 6.39. The van der Waals surface area contributed by atoms with E-state index in [1.807, 2.05) is 0 Å². The van der Waals surface area contributed by atoms with Crippen molar-refractivity contribution in [1.29, 1.82) is 0 Å². The van der Waals surface area contributed by atoms with E-state index < -0.39 is 29.6 Å². The topological polar surface area (TPSA) is 117 Å². The Labute approximate surface area is 221 Å². The molecule has 0 spiro atoms. The van der Waals surface area contributed by atoms with E-state index in [1.54, 1.807) is 30.3 Å². The average Bonchev–Trinajstić information content (AvgIpc) is 3.36. The minimum absolute atomic E-state index is 0.0388. The molecule has 3 amide bonds. The standard InChI is InChI=1S/C23H13BrCl2N2O6S/c24-15-5-2-12(8-17(15)26)27-20(29)10-28-21(30)19(35-23(28)33)9-13-3-6-18(34-13)11-1-4-14(22(31)32)16(25)7-11/h1-9H,10H2,(H,27,29)(H,31,32)/b19-9-. The first-order valence-corrected chi connectivity index (χ1v) is 12.1. The van der Waals surface area contributed by atoms with Gasteiger partial charge in [0.25, 0.3) is 11.1 Å². The second-order valence-corrected chi connectivity index (χ2v) is 9.81. The van der Waals surface area contributed by atoms with Crippen LogP contribution < -0.4 is 5.32 Å². The maximum atomic E-state index is 12.7. The van der Waals surface area contributed by atoms with Gasteiger partial charge in [-0.15, -0.1) is 0 Å². The zero-order valence-corrected chi connectivity index (χ0v) is 21.3. The average molecular weight is 596 g/mol. The molecule has 2 heterocycles. The van der Waals surface area contributed by atoms with Crippen LogP contribution in [0.4, 0.5) is 10.5 Å². The van der Waals surface area contributed by atoms with Crippen LogP contribution in [0.1, 0.15) is 16.1 Å². The SMILES string of the molecule is O=C(CN1C(=O)S/C(=C\c2ccc(-c3ccc(C(=O)O)c(Cl)c3)o2)C1=O)Nc1ccc(Br)c(Cl)c1. The number of amides is 3. The molecular weight excluding hydrogens is 583 g/mol. The fraction of sp³-hybridized carbons (Fsp3) is 0.0435. The third-order valence-electron chi connectivity index (χ3n) is 4.76. The number of benzene rings is 2. The quantitative estimate of drug-likeness (QED) is 0.317. The van der Waals surface area contributed by atoms with E-state index in [-0.39, 0.29) is 21.3 Å². The normalized spacial score (nSPS) is 14.6.